The van der Waals surface area contributed by atoms with E-state index < -0.39 is 0 Å². The number of hydrogen-bond donors (Lipinski definition) is 3. The second-order valence-electron chi connectivity index (χ2n) is 8.29. The Morgan fingerprint density at radius 2 is 1.71 bits per heavy atom. The fraction of sp³-hybridized carbons (Fsp3) is 0.0714. The minimum Gasteiger partial charge on any atom is -0.457 e. The second kappa shape index (κ2) is 10.8. The summed E-state index contributed by atoms with van der Waals surface area (Å²) in [5.74, 6) is 1.20. The SMILES string of the molecule is CNCC=CC(=O)Nc1cccc(-n2c(=O)n(-c3ccc(Oc4ccccc4)cc3)c3c(N)ncnc32)c1. The van der Waals surface area contributed by atoms with Gasteiger partial charge in [-0.15, -0.1) is 0 Å². The van der Waals surface area contributed by atoms with Crippen LogP contribution in [0.25, 0.3) is 22.5 Å². The molecule has 0 fully saturated rings. The van der Waals surface area contributed by atoms with Crippen LogP contribution in [0.1, 0.15) is 0 Å². The van der Waals surface area contributed by atoms with E-state index in [-0.39, 0.29) is 17.4 Å². The molecule has 0 spiro atoms. The number of amides is 1. The molecule has 38 heavy (non-hydrogen) atoms. The van der Waals surface area contributed by atoms with E-state index in [1.165, 1.54) is 21.5 Å². The predicted molar refractivity (Wildman–Crippen MR) is 147 cm³/mol. The molecule has 0 aliphatic heterocycles. The highest BCUT2D eigenvalue weighted by molar-refractivity contribution is 5.99. The maximum atomic E-state index is 13.8. The second-order valence-corrected chi connectivity index (χ2v) is 8.29. The molecule has 10 heteroatoms. The van der Waals surface area contributed by atoms with Crippen molar-refractivity contribution in [2.75, 3.05) is 24.6 Å². The van der Waals surface area contributed by atoms with Gasteiger partial charge in [0.15, 0.2) is 11.5 Å². The Morgan fingerprint density at radius 1 is 0.947 bits per heavy atom. The van der Waals surface area contributed by atoms with Crippen molar-refractivity contribution in [3.8, 4) is 22.9 Å². The minimum atomic E-state index is -0.388. The third kappa shape index (κ3) is 5.01. The number of carbonyl (C=O) groups is 1. The number of nitrogen functional groups attached to an aromatic ring is 1. The molecular weight excluding hydrogens is 482 g/mol. The third-order valence-corrected chi connectivity index (χ3v) is 5.69. The number of rotatable bonds is 8. The van der Waals surface area contributed by atoms with Gasteiger partial charge in [0.25, 0.3) is 0 Å². The van der Waals surface area contributed by atoms with E-state index in [0.717, 1.165) is 0 Å². The zero-order valence-corrected chi connectivity index (χ0v) is 20.5. The summed E-state index contributed by atoms with van der Waals surface area (Å²) < 4.78 is 8.78. The third-order valence-electron chi connectivity index (χ3n) is 5.69. The Labute approximate surface area is 218 Å². The van der Waals surface area contributed by atoms with Gasteiger partial charge in [-0.25, -0.2) is 19.3 Å². The van der Waals surface area contributed by atoms with Crippen LogP contribution in [0.4, 0.5) is 11.5 Å². The number of likely N-dealkylation sites (N-methyl/N-ethyl adjacent to an activating group) is 1. The van der Waals surface area contributed by atoms with Crippen molar-refractivity contribution in [3.05, 3.63) is 108 Å². The van der Waals surface area contributed by atoms with E-state index in [0.29, 0.717) is 46.3 Å². The van der Waals surface area contributed by atoms with E-state index >= 15 is 0 Å². The van der Waals surface area contributed by atoms with Crippen LogP contribution in [0.2, 0.25) is 0 Å². The maximum absolute atomic E-state index is 13.8. The van der Waals surface area contributed by atoms with E-state index in [4.69, 9.17) is 10.5 Å². The number of carbonyl (C=O) groups excluding carboxylic acids is 1. The van der Waals surface area contributed by atoms with Crippen LogP contribution in [0, 0.1) is 0 Å². The van der Waals surface area contributed by atoms with Crippen LogP contribution in [0.5, 0.6) is 11.5 Å². The van der Waals surface area contributed by atoms with Crippen molar-refractivity contribution in [1.29, 1.82) is 0 Å². The first-order valence-electron chi connectivity index (χ1n) is 11.8. The summed E-state index contributed by atoms with van der Waals surface area (Å²) in [4.78, 5) is 34.5. The number of aromatic nitrogens is 4. The molecule has 0 unspecified atom stereocenters. The van der Waals surface area contributed by atoms with Crippen LogP contribution in [0.15, 0.2) is 102 Å². The Morgan fingerprint density at radius 3 is 2.47 bits per heavy atom. The summed E-state index contributed by atoms with van der Waals surface area (Å²) in [5, 5.41) is 5.75. The van der Waals surface area contributed by atoms with Crippen molar-refractivity contribution in [2.45, 2.75) is 0 Å². The lowest BCUT2D eigenvalue weighted by atomic mass is 10.2. The molecule has 190 valence electrons. The number of fused-ring (bicyclic) bond motifs is 1. The van der Waals surface area contributed by atoms with Gasteiger partial charge in [-0.1, -0.05) is 30.3 Å². The first-order valence-corrected chi connectivity index (χ1v) is 11.8. The quantitative estimate of drug-likeness (QED) is 0.273. The van der Waals surface area contributed by atoms with Gasteiger partial charge in [0.2, 0.25) is 5.91 Å². The number of para-hydroxylation sites is 1. The van der Waals surface area contributed by atoms with Crippen LogP contribution < -0.4 is 26.8 Å². The fourth-order valence-corrected chi connectivity index (χ4v) is 4.00. The van der Waals surface area contributed by atoms with Crippen molar-refractivity contribution < 1.29 is 9.53 Å². The van der Waals surface area contributed by atoms with Gasteiger partial charge in [-0.2, -0.15) is 0 Å². The Hall–Kier alpha value is -5.22. The first kappa shape index (κ1) is 24.5. The zero-order chi connectivity index (χ0) is 26.5. The maximum Gasteiger partial charge on any atom is 0.339 e. The van der Waals surface area contributed by atoms with Crippen LogP contribution in [0.3, 0.4) is 0 Å². The van der Waals surface area contributed by atoms with Crippen LogP contribution in [-0.2, 0) is 4.79 Å². The summed E-state index contributed by atoms with van der Waals surface area (Å²) in [6.07, 6.45) is 4.47. The molecule has 10 nitrogen and oxygen atoms in total. The molecule has 0 saturated heterocycles. The molecule has 0 atom stereocenters. The standard InChI is InChI=1S/C28H25N7O3/c1-30-16-6-11-24(36)33-19-7-5-8-21(17-19)35-27-25(26(29)31-18-32-27)34(28(35)37)20-12-14-23(15-13-20)38-22-9-3-2-4-10-22/h2-15,17-18,30H,16H2,1H3,(H,33,36)(H2,29,31,32). The van der Waals surface area contributed by atoms with Crippen molar-refractivity contribution in [3.63, 3.8) is 0 Å². The van der Waals surface area contributed by atoms with Gasteiger partial charge in [0.1, 0.15) is 23.3 Å². The minimum absolute atomic E-state index is 0.162. The largest absolute Gasteiger partial charge is 0.457 e. The van der Waals surface area contributed by atoms with E-state index in [9.17, 15) is 9.59 Å². The number of ether oxygens (including phenoxy) is 1. The van der Waals surface area contributed by atoms with Crippen LogP contribution in [-0.4, -0.2) is 38.6 Å². The van der Waals surface area contributed by atoms with Gasteiger partial charge in [-0.05, 0) is 61.6 Å². The fourth-order valence-electron chi connectivity index (χ4n) is 4.00. The summed E-state index contributed by atoms with van der Waals surface area (Å²) >= 11 is 0. The molecular formula is C28H25N7O3. The number of hydrogen-bond acceptors (Lipinski definition) is 7. The molecule has 5 aromatic rings. The molecule has 4 N–H and O–H groups in total. The average molecular weight is 508 g/mol. The highest BCUT2D eigenvalue weighted by Crippen LogP contribution is 2.26. The summed E-state index contributed by atoms with van der Waals surface area (Å²) in [6, 6.07) is 23.4. The summed E-state index contributed by atoms with van der Waals surface area (Å²) in [5.41, 5.74) is 8.15. The molecule has 0 aliphatic rings. The van der Waals surface area contributed by atoms with Gasteiger partial charge in [0, 0.05) is 18.3 Å². The van der Waals surface area contributed by atoms with Crippen LogP contribution >= 0.6 is 0 Å². The molecule has 5 rings (SSSR count). The Balaban J connectivity index is 1.54. The topological polar surface area (TPSA) is 129 Å². The van der Waals surface area contributed by atoms with Gasteiger partial charge >= 0.3 is 5.69 Å². The van der Waals surface area contributed by atoms with Crippen molar-refractivity contribution in [1.82, 2.24) is 24.4 Å². The lowest BCUT2D eigenvalue weighted by Gasteiger charge is -2.08. The molecule has 1 amide bonds. The number of nitrogens with two attached hydrogens (primary N) is 1. The Bertz CT molecular complexity index is 1670. The zero-order valence-electron chi connectivity index (χ0n) is 20.5. The molecule has 0 radical (unpaired) electrons. The van der Waals surface area contributed by atoms with Crippen molar-refractivity contribution >= 4 is 28.6 Å². The first-order chi connectivity index (χ1) is 18.5. The average Bonchev–Trinajstić information content (AvgIpc) is 3.23. The molecule has 2 heterocycles. The summed E-state index contributed by atoms with van der Waals surface area (Å²) in [7, 11) is 1.79. The highest BCUT2D eigenvalue weighted by atomic mass is 16.5. The van der Waals surface area contributed by atoms with E-state index in [1.807, 2.05) is 30.3 Å². The molecule has 0 saturated carbocycles. The van der Waals surface area contributed by atoms with Gasteiger partial charge in [-0.3, -0.25) is 9.36 Å². The monoisotopic (exact) mass is 507 g/mol. The number of nitrogens with zero attached hydrogens (tertiary/aromatic N) is 4. The lowest BCUT2D eigenvalue weighted by Crippen LogP contribution is -2.22. The van der Waals surface area contributed by atoms with Gasteiger partial charge in [0.05, 0.1) is 11.4 Å². The molecule has 3 aromatic carbocycles. The molecule has 0 aliphatic carbocycles. The number of anilines is 2. The van der Waals surface area contributed by atoms with E-state index in [2.05, 4.69) is 20.6 Å². The van der Waals surface area contributed by atoms with E-state index in [1.54, 1.807) is 61.7 Å². The smallest absolute Gasteiger partial charge is 0.339 e. The molecule has 0 bridgehead atoms. The number of imidazole rings is 1. The number of benzene rings is 3. The normalized spacial score (nSPS) is 11.2. The number of nitrogens with one attached hydrogen (secondary N) is 2. The highest BCUT2D eigenvalue weighted by Gasteiger charge is 2.20. The summed E-state index contributed by atoms with van der Waals surface area (Å²) in [6.45, 7) is 0.572. The predicted octanol–water partition coefficient (Wildman–Crippen LogP) is 3.66. The molecule has 2 aromatic heterocycles. The van der Waals surface area contributed by atoms with Gasteiger partial charge < -0.3 is 21.1 Å². The lowest BCUT2D eigenvalue weighted by molar-refractivity contribution is -0.111. The van der Waals surface area contributed by atoms with Crippen molar-refractivity contribution in [2.24, 2.45) is 0 Å². The Kier molecular flexibility index (Phi) is 6.96.